The molecule has 0 unspecified atom stereocenters. The van der Waals surface area contributed by atoms with Crippen LogP contribution in [0.1, 0.15) is 71.1 Å². The molecule has 5 heteroatoms. The van der Waals surface area contributed by atoms with Gasteiger partial charge >= 0.3 is 6.11 Å². The lowest BCUT2D eigenvalue weighted by molar-refractivity contribution is -0.224. The van der Waals surface area contributed by atoms with Gasteiger partial charge in [-0.3, -0.25) is 0 Å². The van der Waals surface area contributed by atoms with Gasteiger partial charge in [0, 0.05) is 6.07 Å². The highest BCUT2D eigenvalue weighted by Gasteiger charge is 2.45. The quantitative estimate of drug-likeness (QED) is 0.464. The summed E-state index contributed by atoms with van der Waals surface area (Å²) in [4.78, 5) is 0. The van der Waals surface area contributed by atoms with Gasteiger partial charge in [-0.15, -0.1) is 0 Å². The Labute approximate surface area is 159 Å². The molecule has 0 bridgehead atoms. The first-order valence-electron chi connectivity index (χ1n) is 10.4. The largest absolute Gasteiger partial charge is 0.432 e. The van der Waals surface area contributed by atoms with E-state index in [4.69, 9.17) is 4.74 Å². The first-order chi connectivity index (χ1) is 12.9. The number of rotatable bonds is 6. The first kappa shape index (κ1) is 20.5. The summed E-state index contributed by atoms with van der Waals surface area (Å²) in [7, 11) is 0. The van der Waals surface area contributed by atoms with Crippen molar-refractivity contribution in [2.24, 2.45) is 23.7 Å². The molecule has 27 heavy (non-hydrogen) atoms. The molecule has 2 aliphatic carbocycles. The van der Waals surface area contributed by atoms with Crippen LogP contribution in [0.15, 0.2) is 18.2 Å². The van der Waals surface area contributed by atoms with Crippen molar-refractivity contribution >= 4 is 0 Å². The van der Waals surface area contributed by atoms with Crippen molar-refractivity contribution < 1.29 is 22.3 Å². The third-order valence-electron chi connectivity index (χ3n) is 6.65. The SMILES string of the molecule is CCCC1CCC(C2CCC(C(F)(F)Oc3ccc(F)c(F)c3)CC2)CC1. The molecule has 2 fully saturated rings. The highest BCUT2D eigenvalue weighted by molar-refractivity contribution is 5.24. The van der Waals surface area contributed by atoms with Crippen molar-refractivity contribution in [2.75, 3.05) is 0 Å². The Morgan fingerprint density at radius 1 is 0.889 bits per heavy atom. The fraction of sp³-hybridized carbons (Fsp3) is 0.727. The molecule has 1 aromatic rings. The summed E-state index contributed by atoms with van der Waals surface area (Å²) < 4.78 is 59.9. The van der Waals surface area contributed by atoms with Crippen molar-refractivity contribution in [3.05, 3.63) is 29.8 Å². The first-order valence-corrected chi connectivity index (χ1v) is 10.4. The second-order valence-corrected chi connectivity index (χ2v) is 8.42. The summed E-state index contributed by atoms with van der Waals surface area (Å²) in [5.74, 6) is -1.35. The van der Waals surface area contributed by atoms with Crippen molar-refractivity contribution in [3.8, 4) is 5.75 Å². The highest BCUT2D eigenvalue weighted by atomic mass is 19.3. The van der Waals surface area contributed by atoms with Gasteiger partial charge in [-0.1, -0.05) is 32.6 Å². The minimum Gasteiger partial charge on any atom is -0.432 e. The maximum Gasteiger partial charge on any atom is 0.400 e. The fourth-order valence-corrected chi connectivity index (χ4v) is 5.06. The normalized spacial score (nSPS) is 29.5. The summed E-state index contributed by atoms with van der Waals surface area (Å²) in [5.41, 5.74) is 0. The molecular weight excluding hydrogens is 356 g/mol. The number of hydrogen-bond acceptors (Lipinski definition) is 1. The van der Waals surface area contributed by atoms with E-state index in [1.165, 1.54) is 38.5 Å². The zero-order valence-corrected chi connectivity index (χ0v) is 16.0. The Morgan fingerprint density at radius 2 is 1.48 bits per heavy atom. The van der Waals surface area contributed by atoms with Gasteiger partial charge in [-0.25, -0.2) is 8.78 Å². The number of alkyl halides is 2. The van der Waals surface area contributed by atoms with E-state index in [2.05, 4.69) is 6.92 Å². The molecule has 3 rings (SSSR count). The monoisotopic (exact) mass is 386 g/mol. The predicted molar refractivity (Wildman–Crippen MR) is 97.7 cm³/mol. The van der Waals surface area contributed by atoms with Crippen LogP contribution in [-0.4, -0.2) is 6.11 Å². The van der Waals surface area contributed by atoms with Crippen LogP contribution in [-0.2, 0) is 0 Å². The van der Waals surface area contributed by atoms with Crippen LogP contribution in [0.5, 0.6) is 5.75 Å². The molecule has 0 spiro atoms. The second kappa shape index (κ2) is 8.83. The molecule has 0 heterocycles. The van der Waals surface area contributed by atoms with Crippen molar-refractivity contribution in [3.63, 3.8) is 0 Å². The Morgan fingerprint density at radius 3 is 2.04 bits per heavy atom. The summed E-state index contributed by atoms with van der Waals surface area (Å²) >= 11 is 0. The maximum atomic E-state index is 14.5. The van der Waals surface area contributed by atoms with E-state index in [0.29, 0.717) is 30.7 Å². The van der Waals surface area contributed by atoms with Gasteiger partial charge in [-0.05, 0) is 68.4 Å². The van der Waals surface area contributed by atoms with E-state index in [-0.39, 0.29) is 5.75 Å². The van der Waals surface area contributed by atoms with Gasteiger partial charge in [0.05, 0.1) is 5.92 Å². The zero-order chi connectivity index (χ0) is 19.4. The molecule has 1 nitrogen and oxygen atoms in total. The van der Waals surface area contributed by atoms with Crippen LogP contribution >= 0.6 is 0 Å². The van der Waals surface area contributed by atoms with Gasteiger partial charge in [0.15, 0.2) is 11.6 Å². The van der Waals surface area contributed by atoms with Gasteiger partial charge in [0.1, 0.15) is 5.75 Å². The smallest absolute Gasteiger partial charge is 0.400 e. The Kier molecular flexibility index (Phi) is 6.69. The van der Waals surface area contributed by atoms with Crippen LogP contribution in [0, 0.1) is 35.3 Å². The minimum atomic E-state index is -3.35. The van der Waals surface area contributed by atoms with E-state index in [1.807, 2.05) is 0 Å². The van der Waals surface area contributed by atoms with Crippen LogP contribution in [0.25, 0.3) is 0 Å². The summed E-state index contributed by atoms with van der Waals surface area (Å²) in [6, 6.07) is 2.54. The van der Waals surface area contributed by atoms with Crippen molar-refractivity contribution in [1.29, 1.82) is 0 Å². The van der Waals surface area contributed by atoms with Gasteiger partial charge in [-0.2, -0.15) is 8.78 Å². The molecule has 0 aromatic heterocycles. The lowest BCUT2D eigenvalue weighted by Gasteiger charge is -2.39. The Balaban J connectivity index is 1.50. The number of halogens is 4. The minimum absolute atomic E-state index is 0.324. The predicted octanol–water partition coefficient (Wildman–Crippen LogP) is 7.35. The molecule has 2 saturated carbocycles. The summed E-state index contributed by atoms with van der Waals surface area (Å²) in [6.07, 6.45) is 6.72. The van der Waals surface area contributed by atoms with E-state index in [9.17, 15) is 17.6 Å². The van der Waals surface area contributed by atoms with Crippen LogP contribution in [0.2, 0.25) is 0 Å². The van der Waals surface area contributed by atoms with Gasteiger partial charge < -0.3 is 4.74 Å². The van der Waals surface area contributed by atoms with Crippen LogP contribution < -0.4 is 4.74 Å². The average molecular weight is 386 g/mol. The van der Waals surface area contributed by atoms with E-state index in [1.54, 1.807) is 0 Å². The third-order valence-corrected chi connectivity index (χ3v) is 6.65. The molecule has 0 saturated heterocycles. The standard InChI is InChI=1S/C22H30F4O/c1-2-3-15-4-6-16(7-5-15)17-8-10-18(11-9-17)22(25,26)27-19-12-13-20(23)21(24)14-19/h12-18H,2-11H2,1H3. The summed E-state index contributed by atoms with van der Waals surface area (Å²) in [6.45, 7) is 2.23. The van der Waals surface area contributed by atoms with Crippen LogP contribution in [0.4, 0.5) is 17.6 Å². The van der Waals surface area contributed by atoms with E-state index >= 15 is 0 Å². The molecule has 0 radical (unpaired) electrons. The lowest BCUT2D eigenvalue weighted by Crippen LogP contribution is -2.38. The van der Waals surface area contributed by atoms with E-state index < -0.39 is 23.7 Å². The zero-order valence-electron chi connectivity index (χ0n) is 16.0. The lowest BCUT2D eigenvalue weighted by atomic mass is 9.68. The van der Waals surface area contributed by atoms with E-state index in [0.717, 1.165) is 30.9 Å². The number of benzene rings is 1. The molecule has 0 atom stereocenters. The number of ether oxygens (including phenoxy) is 1. The highest BCUT2D eigenvalue weighted by Crippen LogP contribution is 2.45. The molecule has 1 aromatic carbocycles. The maximum absolute atomic E-state index is 14.5. The third kappa shape index (κ3) is 5.17. The fourth-order valence-electron chi connectivity index (χ4n) is 5.06. The molecule has 152 valence electrons. The number of hydrogen-bond donors (Lipinski definition) is 0. The molecular formula is C22H30F4O. The van der Waals surface area contributed by atoms with Gasteiger partial charge in [0.2, 0.25) is 0 Å². The Bertz CT molecular complexity index is 602. The second-order valence-electron chi connectivity index (χ2n) is 8.42. The van der Waals surface area contributed by atoms with Crippen molar-refractivity contribution in [1.82, 2.24) is 0 Å². The summed E-state index contributed by atoms with van der Waals surface area (Å²) in [5, 5.41) is 0. The Hall–Kier alpha value is -1.26. The molecule has 0 amide bonds. The topological polar surface area (TPSA) is 9.23 Å². The molecule has 2 aliphatic rings. The van der Waals surface area contributed by atoms with Crippen LogP contribution in [0.3, 0.4) is 0 Å². The average Bonchev–Trinajstić information content (AvgIpc) is 2.66. The molecule has 0 N–H and O–H groups in total. The molecule has 0 aliphatic heterocycles. The van der Waals surface area contributed by atoms with Crippen molar-refractivity contribution in [2.45, 2.75) is 77.2 Å². The van der Waals surface area contributed by atoms with Gasteiger partial charge in [0.25, 0.3) is 0 Å².